The third-order valence-corrected chi connectivity index (χ3v) is 7.16. The van der Waals surface area contributed by atoms with E-state index in [0.717, 1.165) is 10.0 Å². The highest BCUT2D eigenvalue weighted by Gasteiger charge is 2.44. The zero-order valence-electron chi connectivity index (χ0n) is 16.5. The first-order chi connectivity index (χ1) is 15.3. The minimum atomic E-state index is -0.759. The summed E-state index contributed by atoms with van der Waals surface area (Å²) in [7, 11) is 0. The Kier molecular flexibility index (Phi) is 5.33. The van der Waals surface area contributed by atoms with Crippen LogP contribution in [0.15, 0.2) is 68.3 Å². The van der Waals surface area contributed by atoms with Crippen LogP contribution in [0, 0.1) is 6.92 Å². The number of carbonyl (C=O) groups is 1. The molecule has 1 aromatic heterocycles. The molecule has 8 heteroatoms. The molecule has 160 valence electrons. The van der Waals surface area contributed by atoms with Crippen LogP contribution in [0.2, 0.25) is 15.1 Å². The van der Waals surface area contributed by atoms with Gasteiger partial charge in [0.25, 0.3) is 5.91 Å². The molecule has 5 rings (SSSR count). The molecule has 0 saturated heterocycles. The first kappa shape index (κ1) is 21.5. The van der Waals surface area contributed by atoms with E-state index in [1.807, 2.05) is 13.0 Å². The van der Waals surface area contributed by atoms with Crippen molar-refractivity contribution in [2.24, 2.45) is 0 Å². The summed E-state index contributed by atoms with van der Waals surface area (Å²) in [6, 6.07) is 14.7. The number of hydrogen-bond donors (Lipinski definition) is 0. The molecule has 0 N–H and O–H groups in total. The Hall–Kier alpha value is -2.31. The van der Waals surface area contributed by atoms with Gasteiger partial charge in [0, 0.05) is 15.2 Å². The van der Waals surface area contributed by atoms with Crippen molar-refractivity contribution in [3.63, 3.8) is 0 Å². The second-order valence-electron chi connectivity index (χ2n) is 7.50. The Morgan fingerprint density at radius 1 is 0.906 bits per heavy atom. The monoisotopic (exact) mass is 547 g/mol. The predicted octanol–water partition coefficient (Wildman–Crippen LogP) is 7.57. The van der Waals surface area contributed by atoms with Crippen LogP contribution in [-0.4, -0.2) is 5.91 Å². The maximum absolute atomic E-state index is 13.6. The van der Waals surface area contributed by atoms with Gasteiger partial charge in [-0.1, -0.05) is 62.9 Å². The second-order valence-corrected chi connectivity index (χ2v) is 9.64. The number of benzene rings is 3. The Morgan fingerprint density at radius 3 is 2.41 bits per heavy atom. The largest absolute Gasteiger partial charge is 0.450 e. The van der Waals surface area contributed by atoms with Crippen molar-refractivity contribution in [2.45, 2.75) is 13.0 Å². The lowest BCUT2D eigenvalue weighted by Crippen LogP contribution is -2.29. The van der Waals surface area contributed by atoms with E-state index in [9.17, 15) is 9.59 Å². The quantitative estimate of drug-likeness (QED) is 0.259. The Morgan fingerprint density at radius 2 is 1.69 bits per heavy atom. The second kappa shape index (κ2) is 7.92. The normalized spacial score (nSPS) is 15.5. The van der Waals surface area contributed by atoms with Crippen molar-refractivity contribution in [3.05, 3.63) is 107 Å². The molecular formula is C24H13BrCl3NO3. The smallest absolute Gasteiger partial charge is 0.295 e. The van der Waals surface area contributed by atoms with E-state index in [0.29, 0.717) is 37.3 Å². The first-order valence-electron chi connectivity index (χ1n) is 9.57. The molecule has 1 atom stereocenters. The zero-order valence-corrected chi connectivity index (χ0v) is 20.3. The number of rotatable bonds is 2. The lowest BCUT2D eigenvalue weighted by Gasteiger charge is -2.26. The van der Waals surface area contributed by atoms with E-state index >= 15 is 0 Å². The molecule has 0 radical (unpaired) electrons. The molecular weight excluding hydrogens is 537 g/mol. The molecule has 1 aliphatic rings. The van der Waals surface area contributed by atoms with Crippen LogP contribution in [0.3, 0.4) is 0 Å². The van der Waals surface area contributed by atoms with Crippen LogP contribution < -0.4 is 10.3 Å². The minimum Gasteiger partial charge on any atom is -0.450 e. The average Bonchev–Trinajstić information content (AvgIpc) is 3.05. The number of halogens is 4. The lowest BCUT2D eigenvalue weighted by molar-refractivity contribution is 0.0971. The molecule has 32 heavy (non-hydrogen) atoms. The van der Waals surface area contributed by atoms with Crippen LogP contribution in [0.5, 0.6) is 0 Å². The van der Waals surface area contributed by atoms with E-state index in [2.05, 4.69) is 15.9 Å². The molecule has 0 bridgehead atoms. The molecule has 1 aliphatic heterocycles. The van der Waals surface area contributed by atoms with Crippen molar-refractivity contribution in [1.82, 2.24) is 0 Å². The van der Waals surface area contributed by atoms with Gasteiger partial charge >= 0.3 is 0 Å². The lowest BCUT2D eigenvalue weighted by atomic mass is 9.98. The Labute approximate surface area is 206 Å². The van der Waals surface area contributed by atoms with Gasteiger partial charge in [-0.15, -0.1) is 0 Å². The first-order valence-corrected chi connectivity index (χ1v) is 11.5. The standard InChI is InChI=1S/C24H13BrCl3NO3/c1-11-2-5-14(10-17(11)27)29-21(12-3-6-16(26)18(28)8-12)20-22(30)15-9-13(25)4-7-19(15)32-23(20)24(29)31/h2-10,21H,1H3. The summed E-state index contributed by atoms with van der Waals surface area (Å²) >= 11 is 22.2. The number of fused-ring (bicyclic) bond motifs is 2. The molecule has 1 unspecified atom stereocenters. The fourth-order valence-corrected chi connectivity index (χ4v) is 4.78. The average molecular weight is 550 g/mol. The van der Waals surface area contributed by atoms with Gasteiger partial charge in [0.05, 0.1) is 27.0 Å². The van der Waals surface area contributed by atoms with E-state index < -0.39 is 11.9 Å². The summed E-state index contributed by atoms with van der Waals surface area (Å²) < 4.78 is 6.69. The predicted molar refractivity (Wildman–Crippen MR) is 131 cm³/mol. The zero-order chi connectivity index (χ0) is 22.7. The van der Waals surface area contributed by atoms with Crippen molar-refractivity contribution in [3.8, 4) is 0 Å². The molecule has 3 aromatic carbocycles. The molecule has 4 nitrogen and oxygen atoms in total. The highest BCUT2D eigenvalue weighted by Crippen LogP contribution is 2.43. The van der Waals surface area contributed by atoms with Crippen LogP contribution in [-0.2, 0) is 0 Å². The van der Waals surface area contributed by atoms with E-state index in [-0.39, 0.29) is 16.8 Å². The maximum atomic E-state index is 13.6. The van der Waals surface area contributed by atoms with Gasteiger partial charge in [-0.05, 0) is 60.5 Å². The summed E-state index contributed by atoms with van der Waals surface area (Å²) in [6.45, 7) is 1.87. The van der Waals surface area contributed by atoms with Crippen molar-refractivity contribution in [2.75, 3.05) is 4.90 Å². The molecule has 0 fully saturated rings. The van der Waals surface area contributed by atoms with Gasteiger partial charge in [0.1, 0.15) is 5.58 Å². The van der Waals surface area contributed by atoms with Crippen molar-refractivity contribution >= 4 is 73.3 Å². The molecule has 2 heterocycles. The topological polar surface area (TPSA) is 50.5 Å². The van der Waals surface area contributed by atoms with Gasteiger partial charge in [-0.2, -0.15) is 0 Å². The van der Waals surface area contributed by atoms with E-state index in [1.54, 1.807) is 48.5 Å². The highest BCUT2D eigenvalue weighted by molar-refractivity contribution is 9.10. The minimum absolute atomic E-state index is 0.00223. The SMILES string of the molecule is Cc1ccc(N2C(=O)c3oc4ccc(Br)cc4c(=O)c3C2c2ccc(Cl)c(Cl)c2)cc1Cl. The Bertz CT molecular complexity index is 1500. The van der Waals surface area contributed by atoms with Crippen molar-refractivity contribution in [1.29, 1.82) is 0 Å². The molecule has 4 aromatic rings. The van der Waals surface area contributed by atoms with Gasteiger partial charge in [-0.3, -0.25) is 14.5 Å². The van der Waals surface area contributed by atoms with Crippen LogP contribution in [0.4, 0.5) is 5.69 Å². The van der Waals surface area contributed by atoms with Crippen LogP contribution in [0.1, 0.15) is 33.3 Å². The maximum Gasteiger partial charge on any atom is 0.295 e. The van der Waals surface area contributed by atoms with E-state index in [1.165, 1.54) is 4.90 Å². The summed E-state index contributed by atoms with van der Waals surface area (Å²) in [5, 5.41) is 1.58. The number of carbonyl (C=O) groups excluding carboxylic acids is 1. The molecule has 1 amide bonds. The molecule has 0 aliphatic carbocycles. The van der Waals surface area contributed by atoms with Gasteiger partial charge in [0.2, 0.25) is 5.76 Å². The van der Waals surface area contributed by atoms with Crippen LogP contribution in [0.25, 0.3) is 11.0 Å². The fraction of sp³-hybridized carbons (Fsp3) is 0.0833. The summed E-state index contributed by atoms with van der Waals surface area (Å²) in [4.78, 5) is 28.7. The highest BCUT2D eigenvalue weighted by atomic mass is 79.9. The summed E-state index contributed by atoms with van der Waals surface area (Å²) in [5.41, 5.74) is 2.34. The van der Waals surface area contributed by atoms with E-state index in [4.69, 9.17) is 39.2 Å². The summed E-state index contributed by atoms with van der Waals surface area (Å²) in [6.07, 6.45) is 0. The number of amides is 1. The summed E-state index contributed by atoms with van der Waals surface area (Å²) in [5.74, 6) is -0.435. The fourth-order valence-electron chi connectivity index (χ4n) is 3.94. The third kappa shape index (κ3) is 3.35. The number of nitrogens with zero attached hydrogens (tertiary/aromatic N) is 1. The van der Waals surface area contributed by atoms with Gasteiger partial charge in [-0.25, -0.2) is 0 Å². The number of aryl methyl sites for hydroxylation is 1. The van der Waals surface area contributed by atoms with Crippen LogP contribution >= 0.6 is 50.7 Å². The number of hydrogen-bond acceptors (Lipinski definition) is 3. The Balaban J connectivity index is 1.83. The van der Waals surface area contributed by atoms with Gasteiger partial charge in [0.15, 0.2) is 5.43 Å². The van der Waals surface area contributed by atoms with Gasteiger partial charge < -0.3 is 4.42 Å². The molecule has 0 spiro atoms. The number of anilines is 1. The molecule has 0 saturated carbocycles. The third-order valence-electron chi connectivity index (χ3n) is 5.53. The van der Waals surface area contributed by atoms with Crippen molar-refractivity contribution < 1.29 is 9.21 Å².